The Bertz CT molecular complexity index is 586. The lowest BCUT2D eigenvalue weighted by molar-refractivity contribution is 0.192. The number of fused-ring (bicyclic) bond motifs is 1. The van der Waals surface area contributed by atoms with Crippen molar-refractivity contribution in [3.8, 4) is 0 Å². The van der Waals surface area contributed by atoms with Crippen LogP contribution in [0.1, 0.15) is 25.7 Å². The fourth-order valence-corrected chi connectivity index (χ4v) is 3.85. The molecule has 2 aliphatic rings. The first-order chi connectivity index (χ1) is 10.2. The predicted octanol–water partition coefficient (Wildman–Crippen LogP) is 2.23. The number of nitrogens with zero attached hydrogens (tertiary/aromatic N) is 3. The van der Waals surface area contributed by atoms with Crippen LogP contribution >= 0.6 is 15.9 Å². The Morgan fingerprint density at radius 3 is 3.10 bits per heavy atom. The molecule has 0 amide bonds. The van der Waals surface area contributed by atoms with E-state index in [2.05, 4.69) is 37.8 Å². The van der Waals surface area contributed by atoms with E-state index in [1.165, 1.54) is 30.5 Å². The summed E-state index contributed by atoms with van der Waals surface area (Å²) in [6.07, 6.45) is 8.40. The Morgan fingerprint density at radius 2 is 2.29 bits per heavy atom. The number of aromatic nitrogens is 2. The van der Waals surface area contributed by atoms with E-state index < -0.39 is 0 Å². The van der Waals surface area contributed by atoms with E-state index in [9.17, 15) is 4.79 Å². The molecule has 0 bridgehead atoms. The van der Waals surface area contributed by atoms with Gasteiger partial charge in [0.15, 0.2) is 0 Å². The summed E-state index contributed by atoms with van der Waals surface area (Å²) in [6.45, 7) is 6.43. The van der Waals surface area contributed by atoms with E-state index in [0.29, 0.717) is 23.1 Å². The first-order valence-corrected chi connectivity index (χ1v) is 8.37. The second-order valence-corrected chi connectivity index (χ2v) is 6.58. The van der Waals surface area contributed by atoms with Gasteiger partial charge in [-0.2, -0.15) is 5.10 Å². The molecule has 0 aliphatic carbocycles. The van der Waals surface area contributed by atoms with Crippen molar-refractivity contribution in [3.63, 3.8) is 0 Å². The number of allylic oxidation sites excluding steroid dienone is 1. The minimum Gasteiger partial charge on any atom is -0.378 e. The molecule has 1 N–H and O–H groups in total. The lowest BCUT2D eigenvalue weighted by atomic mass is 9.99. The fourth-order valence-electron chi connectivity index (χ4n) is 3.43. The van der Waals surface area contributed by atoms with E-state index in [0.717, 1.165) is 18.7 Å². The number of anilines is 1. The molecule has 21 heavy (non-hydrogen) atoms. The molecule has 0 aromatic carbocycles. The van der Waals surface area contributed by atoms with Gasteiger partial charge < -0.3 is 5.32 Å². The molecule has 114 valence electrons. The summed E-state index contributed by atoms with van der Waals surface area (Å²) in [5, 5.41) is 7.73. The Hall–Kier alpha value is -1.14. The normalized spacial score (nSPS) is 25.6. The van der Waals surface area contributed by atoms with Crippen LogP contribution in [0.25, 0.3) is 0 Å². The van der Waals surface area contributed by atoms with Crippen LogP contribution in [0.5, 0.6) is 0 Å². The van der Waals surface area contributed by atoms with Gasteiger partial charge in [-0.1, -0.05) is 12.5 Å². The van der Waals surface area contributed by atoms with Crippen molar-refractivity contribution in [1.82, 2.24) is 14.7 Å². The Morgan fingerprint density at radius 1 is 1.43 bits per heavy atom. The molecule has 2 atom stereocenters. The van der Waals surface area contributed by atoms with Gasteiger partial charge in [-0.15, -0.1) is 6.58 Å². The molecular weight excluding hydrogens is 332 g/mol. The first kappa shape index (κ1) is 14.8. The van der Waals surface area contributed by atoms with Gasteiger partial charge in [0.1, 0.15) is 4.47 Å². The zero-order chi connectivity index (χ0) is 14.8. The summed E-state index contributed by atoms with van der Waals surface area (Å²) in [6, 6.07) is 1.01. The van der Waals surface area contributed by atoms with Crippen LogP contribution in [0.3, 0.4) is 0 Å². The highest BCUT2D eigenvalue weighted by Crippen LogP contribution is 2.30. The van der Waals surface area contributed by atoms with Gasteiger partial charge in [0.2, 0.25) is 0 Å². The highest BCUT2D eigenvalue weighted by molar-refractivity contribution is 9.10. The summed E-state index contributed by atoms with van der Waals surface area (Å²) >= 11 is 3.41. The lowest BCUT2D eigenvalue weighted by Gasteiger charge is -2.33. The SMILES string of the molecule is C=CCn1ncc(NC2CCN3CCCCC23)c(Br)c1=O. The summed E-state index contributed by atoms with van der Waals surface area (Å²) in [4.78, 5) is 14.8. The van der Waals surface area contributed by atoms with Gasteiger partial charge >= 0.3 is 0 Å². The first-order valence-electron chi connectivity index (χ1n) is 7.58. The highest BCUT2D eigenvalue weighted by atomic mass is 79.9. The quantitative estimate of drug-likeness (QED) is 0.844. The molecule has 1 aromatic rings. The molecule has 2 unspecified atom stereocenters. The third kappa shape index (κ3) is 2.92. The minimum atomic E-state index is -0.113. The second kappa shape index (κ2) is 6.32. The number of hydrogen-bond donors (Lipinski definition) is 1. The van der Waals surface area contributed by atoms with Crippen molar-refractivity contribution in [2.45, 2.75) is 44.3 Å². The van der Waals surface area contributed by atoms with Crippen LogP contribution in [-0.4, -0.2) is 39.9 Å². The third-order valence-corrected chi connectivity index (χ3v) is 5.25. The monoisotopic (exact) mass is 352 g/mol. The molecule has 0 saturated carbocycles. The van der Waals surface area contributed by atoms with E-state index >= 15 is 0 Å². The molecular formula is C15H21BrN4O. The van der Waals surface area contributed by atoms with Crippen molar-refractivity contribution in [2.75, 3.05) is 18.4 Å². The van der Waals surface area contributed by atoms with Gasteiger partial charge in [-0.3, -0.25) is 9.69 Å². The van der Waals surface area contributed by atoms with Crippen LogP contribution in [0.2, 0.25) is 0 Å². The molecule has 1 aromatic heterocycles. The number of hydrogen-bond acceptors (Lipinski definition) is 4. The molecule has 5 nitrogen and oxygen atoms in total. The van der Waals surface area contributed by atoms with Crippen LogP contribution in [0.15, 0.2) is 28.1 Å². The van der Waals surface area contributed by atoms with E-state index in [4.69, 9.17) is 0 Å². The molecule has 2 fully saturated rings. The molecule has 2 saturated heterocycles. The van der Waals surface area contributed by atoms with Gasteiger partial charge in [-0.25, -0.2) is 4.68 Å². The van der Waals surface area contributed by atoms with Crippen molar-refractivity contribution in [1.29, 1.82) is 0 Å². The van der Waals surface area contributed by atoms with Gasteiger partial charge in [-0.05, 0) is 41.7 Å². The fraction of sp³-hybridized carbons (Fsp3) is 0.600. The van der Waals surface area contributed by atoms with E-state index in [1.54, 1.807) is 12.3 Å². The predicted molar refractivity (Wildman–Crippen MR) is 87.6 cm³/mol. The summed E-state index contributed by atoms with van der Waals surface area (Å²) in [5.41, 5.74) is 0.691. The number of nitrogens with one attached hydrogen (secondary N) is 1. The average molecular weight is 353 g/mol. The van der Waals surface area contributed by atoms with E-state index in [1.807, 2.05) is 0 Å². The van der Waals surface area contributed by atoms with Gasteiger partial charge in [0, 0.05) is 18.6 Å². The van der Waals surface area contributed by atoms with Crippen LogP contribution < -0.4 is 10.9 Å². The van der Waals surface area contributed by atoms with Crippen LogP contribution in [-0.2, 0) is 6.54 Å². The highest BCUT2D eigenvalue weighted by Gasteiger charge is 2.35. The summed E-state index contributed by atoms with van der Waals surface area (Å²) in [7, 11) is 0. The Balaban J connectivity index is 1.77. The Labute approximate surface area is 133 Å². The molecule has 6 heteroatoms. The van der Waals surface area contributed by atoms with Crippen molar-refractivity contribution >= 4 is 21.6 Å². The zero-order valence-corrected chi connectivity index (χ0v) is 13.7. The van der Waals surface area contributed by atoms with Crippen LogP contribution in [0.4, 0.5) is 5.69 Å². The van der Waals surface area contributed by atoms with Gasteiger partial charge in [0.05, 0.1) is 18.4 Å². The smallest absolute Gasteiger partial charge is 0.283 e. The molecule has 3 heterocycles. The standard InChI is InChI=1S/C15H21BrN4O/c1-2-7-20-15(21)14(16)12(10-17-20)18-11-6-9-19-8-4-3-5-13(11)19/h2,10-11,13,18H,1,3-9H2. The number of rotatable bonds is 4. The van der Waals surface area contributed by atoms with Crippen LogP contribution in [0, 0.1) is 0 Å². The van der Waals surface area contributed by atoms with Crippen molar-refractivity contribution < 1.29 is 0 Å². The number of piperidine rings is 1. The maximum absolute atomic E-state index is 12.2. The average Bonchev–Trinajstić information content (AvgIpc) is 2.90. The second-order valence-electron chi connectivity index (χ2n) is 5.79. The van der Waals surface area contributed by atoms with E-state index in [-0.39, 0.29) is 5.56 Å². The van der Waals surface area contributed by atoms with Gasteiger partial charge in [0.25, 0.3) is 5.56 Å². The molecule has 2 aliphatic heterocycles. The Kier molecular flexibility index (Phi) is 4.45. The molecule has 3 rings (SSSR count). The summed E-state index contributed by atoms with van der Waals surface area (Å²) in [5.74, 6) is 0. The largest absolute Gasteiger partial charge is 0.378 e. The maximum atomic E-state index is 12.2. The molecule has 0 radical (unpaired) electrons. The zero-order valence-electron chi connectivity index (χ0n) is 12.1. The molecule has 0 spiro atoms. The lowest BCUT2D eigenvalue weighted by Crippen LogP contribution is -2.42. The topological polar surface area (TPSA) is 50.2 Å². The minimum absolute atomic E-state index is 0.113. The third-order valence-electron chi connectivity index (χ3n) is 4.48. The maximum Gasteiger partial charge on any atom is 0.283 e. The van der Waals surface area contributed by atoms with Crippen molar-refractivity contribution in [3.05, 3.63) is 33.7 Å². The van der Waals surface area contributed by atoms with Crippen molar-refractivity contribution in [2.24, 2.45) is 0 Å². The number of halogens is 1. The summed E-state index contributed by atoms with van der Waals surface area (Å²) < 4.78 is 1.97.